The normalized spacial score (nSPS) is 15.6. The number of carbonyl (C=O) groups excluding carboxylic acids is 1. The molecular weight excluding hydrogens is 312 g/mol. The third-order valence-electron chi connectivity index (χ3n) is 4.45. The van der Waals surface area contributed by atoms with Crippen LogP contribution in [0.5, 0.6) is 0 Å². The van der Waals surface area contributed by atoms with Gasteiger partial charge in [0.2, 0.25) is 11.6 Å². The van der Waals surface area contributed by atoms with E-state index in [1.165, 1.54) is 10.7 Å². The van der Waals surface area contributed by atoms with E-state index < -0.39 is 4.92 Å². The molecule has 1 aliphatic heterocycles. The van der Waals surface area contributed by atoms with Crippen molar-refractivity contribution in [3.05, 3.63) is 28.4 Å². The summed E-state index contributed by atoms with van der Waals surface area (Å²) >= 11 is 0. The van der Waals surface area contributed by atoms with Gasteiger partial charge >= 0.3 is 5.82 Å². The molecule has 0 aromatic carbocycles. The molecule has 3 heterocycles. The molecule has 1 amide bonds. The van der Waals surface area contributed by atoms with Gasteiger partial charge in [-0.3, -0.25) is 4.79 Å². The number of fused-ring (bicyclic) bond motifs is 1. The van der Waals surface area contributed by atoms with E-state index >= 15 is 0 Å². The maximum Gasteiger partial charge on any atom is 0.368 e. The summed E-state index contributed by atoms with van der Waals surface area (Å²) in [6.07, 6.45) is 4.22. The van der Waals surface area contributed by atoms with Crippen molar-refractivity contribution in [2.24, 2.45) is 5.92 Å². The third kappa shape index (κ3) is 3.44. The SMILES string of the molecule is CC(=O)N1CCC(CCNc2ccc3ncc([N+](=O)[O-])n3n2)CC1. The van der Waals surface area contributed by atoms with Crippen LogP contribution in [0.3, 0.4) is 0 Å². The number of anilines is 1. The zero-order valence-electron chi connectivity index (χ0n) is 13.5. The number of amides is 1. The molecule has 1 fully saturated rings. The third-order valence-corrected chi connectivity index (χ3v) is 4.45. The number of hydrogen-bond acceptors (Lipinski definition) is 6. The fourth-order valence-electron chi connectivity index (χ4n) is 3.02. The van der Waals surface area contributed by atoms with Crippen molar-refractivity contribution in [3.8, 4) is 0 Å². The number of aromatic nitrogens is 3. The van der Waals surface area contributed by atoms with E-state index in [9.17, 15) is 14.9 Å². The van der Waals surface area contributed by atoms with Crippen LogP contribution in [-0.4, -0.2) is 50.0 Å². The van der Waals surface area contributed by atoms with Crippen molar-refractivity contribution in [1.29, 1.82) is 0 Å². The molecule has 24 heavy (non-hydrogen) atoms. The van der Waals surface area contributed by atoms with Crippen molar-refractivity contribution in [1.82, 2.24) is 19.5 Å². The van der Waals surface area contributed by atoms with Crippen molar-refractivity contribution in [2.75, 3.05) is 25.0 Å². The molecule has 0 atom stereocenters. The quantitative estimate of drug-likeness (QED) is 0.660. The first-order valence-corrected chi connectivity index (χ1v) is 8.03. The number of nitrogens with zero attached hydrogens (tertiary/aromatic N) is 5. The molecule has 0 saturated carbocycles. The van der Waals surface area contributed by atoms with E-state index in [4.69, 9.17) is 0 Å². The maximum absolute atomic E-state index is 11.3. The van der Waals surface area contributed by atoms with Crippen LogP contribution in [0.15, 0.2) is 18.3 Å². The number of piperidine rings is 1. The second-order valence-corrected chi connectivity index (χ2v) is 6.03. The largest absolute Gasteiger partial charge is 0.368 e. The zero-order valence-corrected chi connectivity index (χ0v) is 13.5. The predicted octanol–water partition coefficient (Wildman–Crippen LogP) is 1.70. The smallest absolute Gasteiger partial charge is 0.367 e. The fraction of sp³-hybridized carbons (Fsp3) is 0.533. The molecule has 0 unspecified atom stereocenters. The number of nitrogens with one attached hydrogen (secondary N) is 1. The average molecular weight is 332 g/mol. The number of imidazole rings is 1. The molecule has 2 aromatic heterocycles. The Hall–Kier alpha value is -2.71. The van der Waals surface area contributed by atoms with Crippen molar-refractivity contribution in [3.63, 3.8) is 0 Å². The maximum atomic E-state index is 11.3. The Morgan fingerprint density at radius 1 is 1.42 bits per heavy atom. The highest BCUT2D eigenvalue weighted by atomic mass is 16.6. The first kappa shape index (κ1) is 16.2. The first-order valence-electron chi connectivity index (χ1n) is 8.03. The highest BCUT2D eigenvalue weighted by Gasteiger charge is 2.20. The van der Waals surface area contributed by atoms with Crippen molar-refractivity contribution < 1.29 is 9.72 Å². The monoisotopic (exact) mass is 332 g/mol. The molecule has 1 saturated heterocycles. The van der Waals surface area contributed by atoms with E-state index in [0.29, 0.717) is 17.4 Å². The van der Waals surface area contributed by atoms with E-state index in [0.717, 1.165) is 38.9 Å². The summed E-state index contributed by atoms with van der Waals surface area (Å²) in [5.74, 6) is 1.17. The number of rotatable bonds is 5. The summed E-state index contributed by atoms with van der Waals surface area (Å²) in [4.78, 5) is 27.6. The predicted molar refractivity (Wildman–Crippen MR) is 87.7 cm³/mol. The second kappa shape index (κ2) is 6.81. The molecule has 0 spiro atoms. The highest BCUT2D eigenvalue weighted by Crippen LogP contribution is 2.21. The zero-order chi connectivity index (χ0) is 17.1. The van der Waals surface area contributed by atoms with Gasteiger partial charge < -0.3 is 20.3 Å². The second-order valence-electron chi connectivity index (χ2n) is 6.03. The molecule has 128 valence electrons. The van der Waals surface area contributed by atoms with Crippen LogP contribution in [0.25, 0.3) is 5.65 Å². The van der Waals surface area contributed by atoms with E-state index in [1.807, 2.05) is 4.90 Å². The van der Waals surface area contributed by atoms with Gasteiger partial charge in [-0.15, -0.1) is 0 Å². The Labute approximate surface area is 138 Å². The molecule has 3 rings (SSSR count). The molecule has 0 bridgehead atoms. The Bertz CT molecular complexity index is 751. The summed E-state index contributed by atoms with van der Waals surface area (Å²) < 4.78 is 1.23. The minimum Gasteiger partial charge on any atom is -0.367 e. The minimum absolute atomic E-state index is 0.144. The van der Waals surface area contributed by atoms with Crippen LogP contribution in [0.2, 0.25) is 0 Å². The number of carbonyl (C=O) groups is 1. The molecule has 9 nitrogen and oxygen atoms in total. The Balaban J connectivity index is 1.54. The van der Waals surface area contributed by atoms with Gasteiger partial charge in [-0.1, -0.05) is 9.61 Å². The van der Waals surface area contributed by atoms with Gasteiger partial charge in [0.15, 0.2) is 5.82 Å². The van der Waals surface area contributed by atoms with Crippen molar-refractivity contribution >= 4 is 23.2 Å². The van der Waals surface area contributed by atoms with E-state index in [1.54, 1.807) is 19.1 Å². The molecule has 9 heteroatoms. The first-order chi connectivity index (χ1) is 11.5. The van der Waals surface area contributed by atoms with Gasteiger partial charge in [-0.25, -0.2) is 4.98 Å². The summed E-state index contributed by atoms with van der Waals surface area (Å²) in [5, 5.41) is 18.4. The van der Waals surface area contributed by atoms with Gasteiger partial charge in [0.25, 0.3) is 0 Å². The lowest BCUT2D eigenvalue weighted by Gasteiger charge is -2.31. The lowest BCUT2D eigenvalue weighted by molar-refractivity contribution is -0.391. The summed E-state index contributed by atoms with van der Waals surface area (Å²) in [7, 11) is 0. The molecule has 1 aliphatic rings. The van der Waals surface area contributed by atoms with E-state index in [2.05, 4.69) is 15.4 Å². The summed E-state index contributed by atoms with van der Waals surface area (Å²) in [6, 6.07) is 3.47. The summed E-state index contributed by atoms with van der Waals surface area (Å²) in [5.41, 5.74) is 0.448. The molecule has 1 N–H and O–H groups in total. The number of likely N-dealkylation sites (tertiary alicyclic amines) is 1. The minimum atomic E-state index is -0.500. The number of nitro groups is 1. The Kier molecular flexibility index (Phi) is 4.59. The van der Waals surface area contributed by atoms with Gasteiger partial charge in [0, 0.05) is 32.6 Å². The molecular formula is C15H20N6O3. The molecule has 2 aromatic rings. The van der Waals surface area contributed by atoms with Crippen LogP contribution < -0.4 is 5.32 Å². The highest BCUT2D eigenvalue weighted by molar-refractivity contribution is 5.73. The van der Waals surface area contributed by atoms with Gasteiger partial charge in [-0.05, 0) is 36.2 Å². The molecule has 0 radical (unpaired) electrons. The van der Waals surface area contributed by atoms with Crippen LogP contribution in [0.1, 0.15) is 26.2 Å². The summed E-state index contributed by atoms with van der Waals surface area (Å²) in [6.45, 7) is 4.00. The van der Waals surface area contributed by atoms with Crippen LogP contribution in [0, 0.1) is 16.0 Å². The van der Waals surface area contributed by atoms with Crippen LogP contribution in [-0.2, 0) is 4.79 Å². The Morgan fingerprint density at radius 3 is 2.83 bits per heavy atom. The lowest BCUT2D eigenvalue weighted by Crippen LogP contribution is -2.37. The topological polar surface area (TPSA) is 106 Å². The standard InChI is InChI=1S/C15H20N6O3/c1-11(22)19-8-5-12(6-9-19)4-7-16-13-2-3-14-17-10-15(21(23)24)20(14)18-13/h2-3,10,12H,4-9H2,1H3,(H,16,18). The van der Waals surface area contributed by atoms with Gasteiger partial charge in [0.1, 0.15) is 6.20 Å². The van der Waals surface area contributed by atoms with Gasteiger partial charge in [-0.2, -0.15) is 0 Å². The van der Waals surface area contributed by atoms with Gasteiger partial charge in [0.05, 0.1) is 0 Å². The van der Waals surface area contributed by atoms with Crippen molar-refractivity contribution in [2.45, 2.75) is 26.2 Å². The lowest BCUT2D eigenvalue weighted by atomic mass is 9.93. The van der Waals surface area contributed by atoms with E-state index in [-0.39, 0.29) is 11.7 Å². The number of hydrogen-bond donors (Lipinski definition) is 1. The van der Waals surface area contributed by atoms with Crippen LogP contribution >= 0.6 is 0 Å². The molecule has 0 aliphatic carbocycles. The Morgan fingerprint density at radius 2 is 2.17 bits per heavy atom. The average Bonchev–Trinajstić information content (AvgIpc) is 2.99. The fourth-order valence-corrected chi connectivity index (χ4v) is 3.02. The van der Waals surface area contributed by atoms with Crippen LogP contribution in [0.4, 0.5) is 11.6 Å².